The summed E-state index contributed by atoms with van der Waals surface area (Å²) in [5.74, 6) is -3.61. The second-order valence-corrected chi connectivity index (χ2v) is 13.1. The van der Waals surface area contributed by atoms with Crippen LogP contribution in [0.5, 0.6) is 28.7 Å². The lowest BCUT2D eigenvalue weighted by atomic mass is 9.97. The van der Waals surface area contributed by atoms with Gasteiger partial charge in [-0.1, -0.05) is 0 Å². The largest absolute Gasteiger partial charge is 0.508 e. The van der Waals surface area contributed by atoms with Crippen molar-refractivity contribution >= 4 is 11.0 Å². The number of hydrogen-bond acceptors (Lipinski definition) is 21. The first kappa shape index (κ1) is 39.8. The fourth-order valence-electron chi connectivity index (χ4n) is 6.30. The molecule has 21 nitrogen and oxygen atoms in total. The molecule has 4 heterocycles. The van der Waals surface area contributed by atoms with E-state index in [1.165, 1.54) is 13.0 Å². The second-order valence-electron chi connectivity index (χ2n) is 13.1. The van der Waals surface area contributed by atoms with E-state index in [-0.39, 0.29) is 11.1 Å². The van der Waals surface area contributed by atoms with Gasteiger partial charge in [-0.3, -0.25) is 4.79 Å². The molecular formula is C33H40O21. The van der Waals surface area contributed by atoms with Crippen molar-refractivity contribution in [2.75, 3.05) is 13.2 Å². The monoisotopic (exact) mass is 772 g/mol. The first-order valence-corrected chi connectivity index (χ1v) is 16.5. The van der Waals surface area contributed by atoms with E-state index in [1.54, 1.807) is 0 Å². The van der Waals surface area contributed by atoms with Crippen molar-refractivity contribution in [3.63, 3.8) is 0 Å². The van der Waals surface area contributed by atoms with E-state index in [0.29, 0.717) is 0 Å². The van der Waals surface area contributed by atoms with Gasteiger partial charge >= 0.3 is 0 Å². The predicted molar refractivity (Wildman–Crippen MR) is 173 cm³/mol. The van der Waals surface area contributed by atoms with Gasteiger partial charge in [0.1, 0.15) is 89.6 Å². The molecule has 0 amide bonds. The molecule has 3 aliphatic heterocycles. The summed E-state index contributed by atoms with van der Waals surface area (Å²) in [5.41, 5.74) is -1.50. The molecule has 15 atom stereocenters. The van der Waals surface area contributed by atoms with E-state index in [1.807, 2.05) is 0 Å². The molecule has 0 radical (unpaired) electrons. The zero-order chi connectivity index (χ0) is 39.3. The van der Waals surface area contributed by atoms with Crippen LogP contribution in [0.3, 0.4) is 0 Å². The molecule has 3 saturated heterocycles. The smallest absolute Gasteiger partial charge is 0.239 e. The van der Waals surface area contributed by atoms with Crippen molar-refractivity contribution in [2.45, 2.75) is 99.0 Å². The third-order valence-electron chi connectivity index (χ3n) is 9.41. The highest BCUT2D eigenvalue weighted by atomic mass is 16.8. The van der Waals surface area contributed by atoms with Gasteiger partial charge in [0, 0.05) is 17.7 Å². The Bertz CT molecular complexity index is 1850. The zero-order valence-electron chi connectivity index (χ0n) is 28.0. The minimum atomic E-state index is -2.06. The number of phenolic OH excluding ortho intramolecular Hbond substituents is 4. The van der Waals surface area contributed by atoms with Crippen molar-refractivity contribution < 1.29 is 99.2 Å². The van der Waals surface area contributed by atoms with Crippen LogP contribution in [0.4, 0.5) is 0 Å². The Morgan fingerprint density at radius 3 is 1.98 bits per heavy atom. The molecule has 0 unspecified atom stereocenters. The molecule has 0 saturated carbocycles. The number of fused-ring (bicyclic) bond motifs is 1. The van der Waals surface area contributed by atoms with Gasteiger partial charge in [-0.15, -0.1) is 0 Å². The predicted octanol–water partition coefficient (Wildman–Crippen LogP) is -3.86. The van der Waals surface area contributed by atoms with Crippen molar-refractivity contribution in [1.29, 1.82) is 0 Å². The maximum Gasteiger partial charge on any atom is 0.239 e. The van der Waals surface area contributed by atoms with Crippen LogP contribution in [0.25, 0.3) is 22.3 Å². The number of aliphatic hydroxyl groups excluding tert-OH is 9. The number of aliphatic hydroxyl groups is 9. The zero-order valence-corrected chi connectivity index (χ0v) is 28.0. The van der Waals surface area contributed by atoms with Gasteiger partial charge in [-0.2, -0.15) is 0 Å². The van der Waals surface area contributed by atoms with Crippen LogP contribution < -0.4 is 10.2 Å². The maximum absolute atomic E-state index is 13.8. The van der Waals surface area contributed by atoms with Gasteiger partial charge in [-0.25, -0.2) is 0 Å². The van der Waals surface area contributed by atoms with Crippen LogP contribution in [0.2, 0.25) is 0 Å². The molecule has 54 heavy (non-hydrogen) atoms. The van der Waals surface area contributed by atoms with Crippen molar-refractivity contribution in [2.24, 2.45) is 0 Å². The lowest BCUT2D eigenvalue weighted by Gasteiger charge is -2.46. The molecule has 6 rings (SSSR count). The number of rotatable bonds is 9. The summed E-state index contributed by atoms with van der Waals surface area (Å²) in [6.45, 7) is -0.179. The highest BCUT2D eigenvalue weighted by Gasteiger charge is 2.51. The quantitative estimate of drug-likeness (QED) is 0.0925. The number of benzene rings is 2. The summed E-state index contributed by atoms with van der Waals surface area (Å²) in [6.07, 6.45) is -26.2. The maximum atomic E-state index is 13.8. The van der Waals surface area contributed by atoms with E-state index in [4.69, 9.17) is 32.8 Å². The Morgan fingerprint density at radius 2 is 1.31 bits per heavy atom. The van der Waals surface area contributed by atoms with Gasteiger partial charge in [0.25, 0.3) is 0 Å². The summed E-state index contributed by atoms with van der Waals surface area (Å²) >= 11 is 0. The van der Waals surface area contributed by atoms with E-state index in [0.717, 1.165) is 24.3 Å². The average molecular weight is 773 g/mol. The first-order chi connectivity index (χ1) is 25.5. The third kappa shape index (κ3) is 7.39. The fourth-order valence-corrected chi connectivity index (χ4v) is 6.30. The minimum absolute atomic E-state index is 0.0809. The Labute approximate surface area is 303 Å². The van der Waals surface area contributed by atoms with Crippen molar-refractivity contribution in [3.8, 4) is 40.1 Å². The molecule has 298 valence electrons. The Morgan fingerprint density at radius 1 is 0.667 bits per heavy atom. The standard InChI is InChI=1S/C33H40O21/c1-9-19(39)25(45)30(54-31-26(46)23(43)20(40)16(7-34)51-31)33(49-9)48-8-17-21(41)24(44)27(47)32(52-17)53-29-22(42)18-14(38)5-11(35)6-15(18)50-28(29)10-2-3-12(36)13(37)4-10/h2-6,9,16-17,19-21,23-27,30-41,43-47H,7-8H2,1H3/t9-,16+,17+,19-,20+,21-,23-,24-,25+,26+,27+,30+,31-,32-,33+/m0/s1. The summed E-state index contributed by atoms with van der Waals surface area (Å²) in [5, 5.41) is 134. The lowest BCUT2D eigenvalue weighted by molar-refractivity contribution is -0.369. The topological polar surface area (TPSA) is 349 Å². The van der Waals surface area contributed by atoms with Crippen LogP contribution in [0, 0.1) is 0 Å². The van der Waals surface area contributed by atoms with E-state index >= 15 is 0 Å². The molecule has 2 aromatic carbocycles. The van der Waals surface area contributed by atoms with Crippen LogP contribution in [-0.4, -0.2) is 172 Å². The molecule has 1 aromatic heterocycles. The Hall–Kier alpha value is -3.91. The van der Waals surface area contributed by atoms with Gasteiger partial charge in [0.05, 0.1) is 19.3 Å². The molecule has 13 N–H and O–H groups in total. The van der Waals surface area contributed by atoms with Crippen LogP contribution in [0.15, 0.2) is 39.5 Å². The Balaban J connectivity index is 1.27. The number of hydrogen-bond donors (Lipinski definition) is 13. The van der Waals surface area contributed by atoms with Crippen LogP contribution in [-0.2, 0) is 23.7 Å². The van der Waals surface area contributed by atoms with Crippen molar-refractivity contribution in [3.05, 3.63) is 40.6 Å². The molecule has 0 bridgehead atoms. The Kier molecular flexibility index (Phi) is 11.5. The highest BCUT2D eigenvalue weighted by molar-refractivity contribution is 5.88. The van der Waals surface area contributed by atoms with E-state index in [9.17, 15) is 71.2 Å². The highest BCUT2D eigenvalue weighted by Crippen LogP contribution is 2.40. The van der Waals surface area contributed by atoms with Gasteiger partial charge < -0.3 is 99.2 Å². The number of ether oxygens (including phenoxy) is 6. The molecule has 21 heteroatoms. The van der Waals surface area contributed by atoms with Crippen molar-refractivity contribution in [1.82, 2.24) is 0 Å². The average Bonchev–Trinajstić information content (AvgIpc) is 3.13. The first-order valence-electron chi connectivity index (χ1n) is 16.5. The summed E-state index contributed by atoms with van der Waals surface area (Å²) in [7, 11) is 0. The van der Waals surface area contributed by atoms with Crippen LogP contribution >= 0.6 is 0 Å². The number of phenols is 4. The third-order valence-corrected chi connectivity index (χ3v) is 9.41. The lowest BCUT2D eigenvalue weighted by Crippen LogP contribution is -2.64. The minimum Gasteiger partial charge on any atom is -0.508 e. The molecule has 0 spiro atoms. The molecule has 0 aliphatic carbocycles. The summed E-state index contributed by atoms with van der Waals surface area (Å²) in [6, 6.07) is 5.09. The van der Waals surface area contributed by atoms with Gasteiger partial charge in [-0.05, 0) is 25.1 Å². The second kappa shape index (κ2) is 15.7. The molecule has 3 fully saturated rings. The summed E-state index contributed by atoms with van der Waals surface area (Å²) < 4.78 is 39.6. The fraction of sp³-hybridized carbons (Fsp3) is 0.545. The molecule has 3 aliphatic rings. The molecular weight excluding hydrogens is 732 g/mol. The van der Waals surface area contributed by atoms with Crippen LogP contribution in [0.1, 0.15) is 6.92 Å². The summed E-state index contributed by atoms with van der Waals surface area (Å²) in [4.78, 5) is 13.8. The molecule has 3 aromatic rings. The van der Waals surface area contributed by atoms with Gasteiger partial charge in [0.15, 0.2) is 29.8 Å². The van der Waals surface area contributed by atoms with Gasteiger partial charge in [0.2, 0.25) is 17.5 Å². The van der Waals surface area contributed by atoms with E-state index < -0.39 is 151 Å². The SMILES string of the molecule is C[C@@H]1O[C@@H](OC[C@H]2O[C@@H](Oc3c(-c4ccc(O)c(O)c4)oc4cc(O)cc(O)c4c3=O)[C@H](O)[C@@H](O)[C@H]2O)[C@H](O[C@@H]2O[C@H](CO)[C@@H](O)[C@H](O)[C@H]2O)[C@H](O)[C@H]1O. The normalized spacial score (nSPS) is 37.3. The van der Waals surface area contributed by atoms with E-state index in [2.05, 4.69) is 0 Å². The number of aromatic hydroxyl groups is 4.